The molecule has 0 saturated carbocycles. The number of carbonyl (C=O) groups is 2. The normalized spacial score (nSPS) is 13.1. The summed E-state index contributed by atoms with van der Waals surface area (Å²) in [4.78, 5) is 26.0. The number of nitrogens with zero attached hydrogens (tertiary/aromatic N) is 4. The summed E-state index contributed by atoms with van der Waals surface area (Å²) >= 11 is 0. The van der Waals surface area contributed by atoms with Gasteiger partial charge in [-0.05, 0) is 31.2 Å². The molecule has 1 aliphatic rings. The van der Waals surface area contributed by atoms with E-state index in [1.54, 1.807) is 47.3 Å². The number of carbonyl (C=O) groups excluding carboxylic acids is 2. The second kappa shape index (κ2) is 17.8. The average molecular weight is 647 g/mol. The molecule has 2 heterocycles. The summed E-state index contributed by atoms with van der Waals surface area (Å²) < 4.78 is 58.3. The summed E-state index contributed by atoms with van der Waals surface area (Å²) in [5, 5.41) is 8.12. The van der Waals surface area contributed by atoms with E-state index >= 15 is 0 Å². The Morgan fingerprint density at radius 3 is 1.82 bits per heavy atom. The van der Waals surface area contributed by atoms with Crippen LogP contribution in [0.15, 0.2) is 59.6 Å². The molecular weight excluding hydrogens is 608 g/mol. The summed E-state index contributed by atoms with van der Waals surface area (Å²) in [6.45, 7) is 5.62. The fourth-order valence-electron chi connectivity index (χ4n) is 4.18. The van der Waals surface area contributed by atoms with Gasteiger partial charge in [0.2, 0.25) is 0 Å². The molecular formula is C30H38N4O10S. The van der Waals surface area contributed by atoms with Crippen molar-refractivity contribution >= 4 is 21.9 Å². The monoisotopic (exact) mass is 646 g/mol. The zero-order chi connectivity index (χ0) is 31.9. The Bertz CT molecular complexity index is 1440. The molecule has 0 saturated heterocycles. The van der Waals surface area contributed by atoms with Crippen LogP contribution in [0.1, 0.15) is 32.0 Å². The van der Waals surface area contributed by atoms with Crippen LogP contribution >= 0.6 is 0 Å². The summed E-state index contributed by atoms with van der Waals surface area (Å²) in [7, 11) is -3.79. The van der Waals surface area contributed by atoms with Crippen LogP contribution in [0.5, 0.6) is 0 Å². The lowest BCUT2D eigenvalue weighted by molar-refractivity contribution is 0.00577. The number of fused-ring (bicyclic) bond motifs is 1. The Labute approximate surface area is 262 Å². The van der Waals surface area contributed by atoms with Crippen molar-refractivity contribution in [1.29, 1.82) is 0 Å². The van der Waals surface area contributed by atoms with Crippen LogP contribution < -0.4 is 0 Å². The smallest absolute Gasteiger partial charge is 0.297 e. The van der Waals surface area contributed by atoms with Gasteiger partial charge in [-0.1, -0.05) is 35.0 Å². The van der Waals surface area contributed by atoms with E-state index in [1.165, 1.54) is 17.0 Å². The predicted octanol–water partition coefficient (Wildman–Crippen LogP) is 1.87. The lowest BCUT2D eigenvalue weighted by Gasteiger charge is -2.13. The third-order valence-electron chi connectivity index (χ3n) is 6.53. The fraction of sp³-hybridized carbons (Fsp3) is 0.467. The van der Waals surface area contributed by atoms with Gasteiger partial charge >= 0.3 is 0 Å². The van der Waals surface area contributed by atoms with Crippen molar-refractivity contribution < 1.29 is 45.9 Å². The molecule has 1 aromatic heterocycles. The Hall–Kier alpha value is -3.57. The Morgan fingerprint density at radius 1 is 0.667 bits per heavy atom. The van der Waals surface area contributed by atoms with Crippen LogP contribution in [0.3, 0.4) is 0 Å². The molecule has 45 heavy (non-hydrogen) atoms. The topological polar surface area (TPSA) is 158 Å². The molecule has 4 rings (SSSR count). The lowest BCUT2D eigenvalue weighted by Crippen LogP contribution is -2.33. The van der Waals surface area contributed by atoms with Gasteiger partial charge in [-0.25, -0.2) is 4.68 Å². The minimum atomic E-state index is -3.79. The van der Waals surface area contributed by atoms with Crippen LogP contribution in [-0.2, 0) is 51.1 Å². The average Bonchev–Trinajstić information content (AvgIpc) is 3.59. The van der Waals surface area contributed by atoms with Crippen molar-refractivity contribution in [2.45, 2.75) is 25.0 Å². The highest BCUT2D eigenvalue weighted by Crippen LogP contribution is 2.21. The Kier molecular flexibility index (Phi) is 13.6. The molecule has 244 valence electrons. The molecule has 0 bridgehead atoms. The maximum atomic E-state index is 12.3. The molecule has 14 nitrogen and oxygen atoms in total. The van der Waals surface area contributed by atoms with Crippen LogP contribution in [0.2, 0.25) is 0 Å². The van der Waals surface area contributed by atoms with Crippen LogP contribution in [0.4, 0.5) is 0 Å². The Morgan fingerprint density at radius 2 is 1.20 bits per heavy atom. The van der Waals surface area contributed by atoms with Gasteiger partial charge < -0.3 is 23.7 Å². The van der Waals surface area contributed by atoms with E-state index in [0.29, 0.717) is 69.6 Å². The number of ether oxygens (including phenoxy) is 5. The largest absolute Gasteiger partial charge is 0.377 e. The number of benzene rings is 2. The molecule has 0 fully saturated rings. The SMILES string of the molecule is Cc1ccc(S(=O)(=O)OCCOCCOCCOCc2cn(CCOCCOCCN3C(=O)c4ccccc4C3=O)nn2)cc1. The quantitative estimate of drug-likeness (QED) is 0.0888. The van der Waals surface area contributed by atoms with E-state index in [4.69, 9.17) is 27.9 Å². The van der Waals surface area contributed by atoms with E-state index in [-0.39, 0.29) is 49.7 Å². The van der Waals surface area contributed by atoms with E-state index in [0.717, 1.165) is 5.56 Å². The Balaban J connectivity index is 0.931. The fourth-order valence-corrected chi connectivity index (χ4v) is 5.08. The van der Waals surface area contributed by atoms with Crippen LogP contribution in [0, 0.1) is 6.92 Å². The summed E-state index contributed by atoms with van der Waals surface area (Å²) in [6.07, 6.45) is 1.78. The first-order valence-electron chi connectivity index (χ1n) is 14.5. The number of aryl methyl sites for hydroxylation is 1. The van der Waals surface area contributed by atoms with Crippen molar-refractivity contribution in [1.82, 2.24) is 19.9 Å². The summed E-state index contributed by atoms with van der Waals surface area (Å²) in [5.41, 5.74) is 2.50. The van der Waals surface area contributed by atoms with Gasteiger partial charge in [0.15, 0.2) is 0 Å². The van der Waals surface area contributed by atoms with Gasteiger partial charge in [-0.2, -0.15) is 8.42 Å². The number of amides is 2. The van der Waals surface area contributed by atoms with Crippen LogP contribution in [0.25, 0.3) is 0 Å². The second-order valence-electron chi connectivity index (χ2n) is 9.87. The van der Waals surface area contributed by atoms with Gasteiger partial charge in [0.1, 0.15) is 5.69 Å². The molecule has 15 heteroatoms. The van der Waals surface area contributed by atoms with E-state index in [9.17, 15) is 18.0 Å². The number of aromatic nitrogens is 3. The number of imide groups is 1. The zero-order valence-corrected chi connectivity index (χ0v) is 26.0. The van der Waals surface area contributed by atoms with Crippen molar-refractivity contribution in [3.05, 3.63) is 77.1 Å². The van der Waals surface area contributed by atoms with Gasteiger partial charge in [0.25, 0.3) is 21.9 Å². The van der Waals surface area contributed by atoms with Crippen molar-refractivity contribution in [2.24, 2.45) is 0 Å². The molecule has 1 aliphatic heterocycles. The van der Waals surface area contributed by atoms with Gasteiger partial charge in [0, 0.05) is 0 Å². The standard InChI is InChI=1S/C30H38N4O10S/c1-24-6-8-26(9-7-24)45(37,38)44-21-20-42-17-16-41-18-19-43-23-25-22-33(32-31-25)10-12-39-14-15-40-13-11-34-29(35)27-4-2-3-5-28(27)30(34)36/h2-9,22H,10-21,23H2,1H3. The van der Waals surface area contributed by atoms with Crippen LogP contribution in [-0.4, -0.2) is 113 Å². The molecule has 2 aromatic carbocycles. The highest BCUT2D eigenvalue weighted by molar-refractivity contribution is 7.86. The van der Waals surface area contributed by atoms with E-state index in [1.807, 2.05) is 6.92 Å². The van der Waals surface area contributed by atoms with Gasteiger partial charge in [-0.3, -0.25) is 18.7 Å². The second-order valence-corrected chi connectivity index (χ2v) is 11.5. The zero-order valence-electron chi connectivity index (χ0n) is 25.2. The highest BCUT2D eigenvalue weighted by Gasteiger charge is 2.34. The van der Waals surface area contributed by atoms with E-state index in [2.05, 4.69) is 10.3 Å². The third kappa shape index (κ3) is 10.8. The molecule has 0 unspecified atom stereocenters. The van der Waals surface area contributed by atoms with Gasteiger partial charge in [0.05, 0.1) is 108 Å². The molecule has 0 atom stereocenters. The number of hydrogen-bond acceptors (Lipinski definition) is 12. The highest BCUT2D eigenvalue weighted by atomic mass is 32.2. The predicted molar refractivity (Wildman–Crippen MR) is 159 cm³/mol. The number of hydrogen-bond donors (Lipinski definition) is 0. The lowest BCUT2D eigenvalue weighted by atomic mass is 10.1. The molecule has 3 aromatic rings. The first-order valence-corrected chi connectivity index (χ1v) is 15.9. The minimum Gasteiger partial charge on any atom is -0.377 e. The molecule has 0 spiro atoms. The molecule has 0 aliphatic carbocycles. The molecule has 0 N–H and O–H groups in total. The molecule has 2 amide bonds. The first kappa shape index (κ1) is 34.3. The van der Waals surface area contributed by atoms with Gasteiger partial charge in [-0.15, -0.1) is 5.10 Å². The summed E-state index contributed by atoms with van der Waals surface area (Å²) in [6, 6.07) is 13.2. The van der Waals surface area contributed by atoms with Crippen molar-refractivity contribution in [3.8, 4) is 0 Å². The maximum absolute atomic E-state index is 12.3. The molecule has 0 radical (unpaired) electrons. The van der Waals surface area contributed by atoms with Crippen molar-refractivity contribution in [3.63, 3.8) is 0 Å². The maximum Gasteiger partial charge on any atom is 0.297 e. The van der Waals surface area contributed by atoms with Crippen molar-refractivity contribution in [2.75, 3.05) is 72.6 Å². The minimum absolute atomic E-state index is 0.0794. The number of rotatable bonds is 22. The summed E-state index contributed by atoms with van der Waals surface area (Å²) in [5.74, 6) is -0.586. The third-order valence-corrected chi connectivity index (χ3v) is 7.86. The van der Waals surface area contributed by atoms with E-state index < -0.39 is 10.1 Å². The first-order chi connectivity index (χ1) is 21.8.